The van der Waals surface area contributed by atoms with Crippen LogP contribution in [0.4, 0.5) is 5.13 Å². The van der Waals surface area contributed by atoms with Gasteiger partial charge in [0.05, 0.1) is 11.9 Å². The molecule has 0 radical (unpaired) electrons. The van der Waals surface area contributed by atoms with Crippen LogP contribution in [0.5, 0.6) is 0 Å². The molecule has 0 aromatic carbocycles. The third-order valence-electron chi connectivity index (χ3n) is 2.27. The molecule has 0 atom stereocenters. The molecular weight excluding hydrogens is 268 g/mol. The molecule has 19 heavy (non-hydrogen) atoms. The highest BCUT2D eigenvalue weighted by molar-refractivity contribution is 7.17. The molecule has 0 aliphatic rings. The highest BCUT2D eigenvalue weighted by Gasteiger charge is 2.18. The van der Waals surface area contributed by atoms with Crippen LogP contribution in [-0.2, 0) is 0 Å². The van der Waals surface area contributed by atoms with Crippen LogP contribution in [0.2, 0.25) is 0 Å². The molecule has 0 saturated heterocycles. The number of thiazole rings is 1. The molecule has 0 unspecified atom stereocenters. The average molecular weight is 280 g/mol. The number of aryl methyl sites for hydroxylation is 1. The number of hydrogen-bond acceptors (Lipinski definition) is 6. The summed E-state index contributed by atoms with van der Waals surface area (Å²) < 4.78 is 0. The predicted molar refractivity (Wildman–Crippen MR) is 69.2 cm³/mol. The summed E-state index contributed by atoms with van der Waals surface area (Å²) in [5.74, 6) is -0.566. The fraction of sp³-hybridized carbons (Fsp3) is 0.300. The summed E-state index contributed by atoms with van der Waals surface area (Å²) in [4.78, 5) is 29.7. The van der Waals surface area contributed by atoms with Crippen LogP contribution in [0, 0.1) is 6.92 Å². The molecule has 2 rings (SSSR count). The van der Waals surface area contributed by atoms with E-state index in [1.54, 1.807) is 21.0 Å². The Labute approximate surface area is 112 Å². The zero-order valence-electron chi connectivity index (χ0n) is 10.6. The molecule has 2 amide bonds. The maximum Gasteiger partial charge on any atom is 0.279 e. The summed E-state index contributed by atoms with van der Waals surface area (Å²) in [5.41, 5.74) is 0.743. The monoisotopic (exact) mass is 280 g/mol. The summed E-state index contributed by atoms with van der Waals surface area (Å²) >= 11 is 1.13. The summed E-state index contributed by atoms with van der Waals surface area (Å²) in [6, 6.07) is 0. The van der Waals surface area contributed by atoms with Gasteiger partial charge < -0.3 is 4.90 Å². The van der Waals surface area contributed by atoms with Gasteiger partial charge in [-0.25, -0.2) is 4.98 Å². The number of hydrogen-bond donors (Lipinski definition) is 2. The van der Waals surface area contributed by atoms with Crippen molar-refractivity contribution >= 4 is 28.3 Å². The van der Waals surface area contributed by atoms with Gasteiger partial charge in [0.2, 0.25) is 0 Å². The van der Waals surface area contributed by atoms with Gasteiger partial charge in [-0.2, -0.15) is 15.4 Å². The van der Waals surface area contributed by atoms with E-state index in [2.05, 4.69) is 25.7 Å². The lowest BCUT2D eigenvalue weighted by molar-refractivity contribution is 0.0831. The number of carbonyl (C=O) groups is 2. The number of aromatic nitrogens is 4. The second kappa shape index (κ2) is 5.14. The number of nitrogens with one attached hydrogen (secondary N) is 2. The van der Waals surface area contributed by atoms with Crippen molar-refractivity contribution in [1.82, 2.24) is 25.3 Å². The van der Waals surface area contributed by atoms with Gasteiger partial charge in [-0.05, 0) is 6.92 Å². The molecule has 2 aromatic heterocycles. The Bertz CT molecular complexity index is 604. The Balaban J connectivity index is 2.17. The van der Waals surface area contributed by atoms with Gasteiger partial charge in [0.1, 0.15) is 4.88 Å². The van der Waals surface area contributed by atoms with Crippen molar-refractivity contribution in [2.75, 3.05) is 19.4 Å². The van der Waals surface area contributed by atoms with E-state index < -0.39 is 5.91 Å². The third-order valence-corrected chi connectivity index (χ3v) is 3.33. The first-order chi connectivity index (χ1) is 8.99. The van der Waals surface area contributed by atoms with Crippen molar-refractivity contribution in [3.63, 3.8) is 0 Å². The number of carbonyl (C=O) groups excluding carboxylic acids is 2. The standard InChI is InChI=1S/C10H12N6O2S/c1-5-7(9(18)16(2)3)19-10(12-5)13-8(17)6-4-11-15-14-6/h4H,1-3H3,(H,11,14,15)(H,12,13,17). The summed E-state index contributed by atoms with van der Waals surface area (Å²) in [5, 5.41) is 12.5. The lowest BCUT2D eigenvalue weighted by Gasteiger charge is -2.07. The molecule has 0 bridgehead atoms. The van der Waals surface area contributed by atoms with E-state index in [-0.39, 0.29) is 11.6 Å². The molecule has 0 aliphatic heterocycles. The fourth-order valence-electron chi connectivity index (χ4n) is 1.32. The lowest BCUT2D eigenvalue weighted by Crippen LogP contribution is -2.21. The molecule has 2 N–H and O–H groups in total. The van der Waals surface area contributed by atoms with Crippen LogP contribution in [0.25, 0.3) is 0 Å². The third kappa shape index (κ3) is 2.76. The van der Waals surface area contributed by atoms with Crippen molar-refractivity contribution in [2.45, 2.75) is 6.92 Å². The van der Waals surface area contributed by atoms with Gasteiger partial charge >= 0.3 is 0 Å². The topological polar surface area (TPSA) is 104 Å². The van der Waals surface area contributed by atoms with Crippen LogP contribution in [0.15, 0.2) is 6.20 Å². The van der Waals surface area contributed by atoms with E-state index >= 15 is 0 Å². The van der Waals surface area contributed by atoms with Crippen LogP contribution in [0.3, 0.4) is 0 Å². The van der Waals surface area contributed by atoms with Crippen molar-refractivity contribution in [1.29, 1.82) is 0 Å². The minimum Gasteiger partial charge on any atom is -0.344 e. The zero-order chi connectivity index (χ0) is 14.0. The van der Waals surface area contributed by atoms with Gasteiger partial charge in [-0.1, -0.05) is 11.3 Å². The molecule has 0 aliphatic carbocycles. The highest BCUT2D eigenvalue weighted by atomic mass is 32.1. The van der Waals surface area contributed by atoms with E-state index in [1.807, 2.05) is 0 Å². The second-order valence-corrected chi connectivity index (χ2v) is 4.94. The van der Waals surface area contributed by atoms with Crippen LogP contribution in [0.1, 0.15) is 25.9 Å². The van der Waals surface area contributed by atoms with Crippen molar-refractivity contribution in [3.05, 3.63) is 22.5 Å². The number of H-pyrrole nitrogens is 1. The fourth-order valence-corrected chi connectivity index (χ4v) is 2.31. The van der Waals surface area contributed by atoms with E-state index in [0.717, 1.165) is 11.3 Å². The SMILES string of the molecule is Cc1nc(NC(=O)c2cn[nH]n2)sc1C(=O)N(C)C. The van der Waals surface area contributed by atoms with Crippen LogP contribution >= 0.6 is 11.3 Å². The Hall–Kier alpha value is -2.29. The molecule has 8 nitrogen and oxygen atoms in total. The van der Waals surface area contributed by atoms with Crippen LogP contribution in [-0.4, -0.2) is 51.2 Å². The highest BCUT2D eigenvalue weighted by Crippen LogP contribution is 2.23. The quantitative estimate of drug-likeness (QED) is 0.853. The summed E-state index contributed by atoms with van der Waals surface area (Å²) in [6.45, 7) is 1.72. The van der Waals surface area contributed by atoms with Gasteiger partial charge in [-0.15, -0.1) is 0 Å². The number of amides is 2. The Morgan fingerprint density at radius 1 is 1.42 bits per heavy atom. The second-order valence-electron chi connectivity index (χ2n) is 3.94. The van der Waals surface area contributed by atoms with Gasteiger partial charge in [0, 0.05) is 14.1 Å². The van der Waals surface area contributed by atoms with Gasteiger partial charge in [0.25, 0.3) is 11.8 Å². The maximum atomic E-state index is 11.8. The first-order valence-electron chi connectivity index (χ1n) is 5.35. The van der Waals surface area contributed by atoms with Crippen molar-refractivity contribution in [3.8, 4) is 0 Å². The van der Waals surface area contributed by atoms with Crippen molar-refractivity contribution < 1.29 is 9.59 Å². The summed E-state index contributed by atoms with van der Waals surface area (Å²) in [6.07, 6.45) is 1.31. The normalized spacial score (nSPS) is 10.3. The number of anilines is 1. The largest absolute Gasteiger partial charge is 0.344 e. The molecule has 0 saturated carbocycles. The molecule has 9 heteroatoms. The van der Waals surface area contributed by atoms with E-state index in [0.29, 0.717) is 15.7 Å². The molecule has 2 heterocycles. The van der Waals surface area contributed by atoms with E-state index in [9.17, 15) is 9.59 Å². The maximum absolute atomic E-state index is 11.8. The molecule has 0 spiro atoms. The van der Waals surface area contributed by atoms with Crippen LogP contribution < -0.4 is 5.32 Å². The number of nitrogens with zero attached hydrogens (tertiary/aromatic N) is 4. The first-order valence-corrected chi connectivity index (χ1v) is 6.17. The molecule has 100 valence electrons. The van der Waals surface area contributed by atoms with Crippen molar-refractivity contribution in [2.24, 2.45) is 0 Å². The van der Waals surface area contributed by atoms with Gasteiger partial charge in [-0.3, -0.25) is 14.9 Å². The Morgan fingerprint density at radius 2 is 2.16 bits per heavy atom. The minimum atomic E-state index is -0.425. The van der Waals surface area contributed by atoms with Gasteiger partial charge in [0.15, 0.2) is 10.8 Å². The Kier molecular flexibility index (Phi) is 3.56. The summed E-state index contributed by atoms with van der Waals surface area (Å²) in [7, 11) is 3.32. The molecular formula is C10H12N6O2S. The predicted octanol–water partition coefficient (Wildman–Crippen LogP) is 0.524. The number of rotatable bonds is 3. The lowest BCUT2D eigenvalue weighted by atomic mass is 10.3. The Morgan fingerprint density at radius 3 is 2.74 bits per heavy atom. The zero-order valence-corrected chi connectivity index (χ0v) is 11.4. The molecule has 2 aromatic rings. The smallest absolute Gasteiger partial charge is 0.279 e. The average Bonchev–Trinajstić information content (AvgIpc) is 2.97. The van der Waals surface area contributed by atoms with E-state index in [1.165, 1.54) is 11.1 Å². The first kappa shape index (κ1) is 13.1. The van der Waals surface area contributed by atoms with E-state index in [4.69, 9.17) is 0 Å². The molecule has 0 fully saturated rings. The minimum absolute atomic E-state index is 0.142. The number of aromatic amines is 1.